The minimum atomic E-state index is 0.287. The number of anilines is 2. The molecule has 0 aliphatic carbocycles. The Bertz CT molecular complexity index is 507. The largest absolute Gasteiger partial charge is 0.394 e. The lowest BCUT2D eigenvalue weighted by atomic mass is 9.84. The van der Waals surface area contributed by atoms with E-state index in [4.69, 9.17) is 17.3 Å². The molecule has 1 aromatic rings. The molecule has 6 heteroatoms. The molecule has 110 valence electrons. The van der Waals surface area contributed by atoms with Crippen LogP contribution in [-0.2, 0) is 0 Å². The van der Waals surface area contributed by atoms with Crippen molar-refractivity contribution in [2.45, 2.75) is 32.2 Å². The van der Waals surface area contributed by atoms with Gasteiger partial charge in [0.15, 0.2) is 5.82 Å². The SMILES string of the molecule is Cc1nc(Cl)nc(N2CCC3C(CCCN3C)C2)c1N. The minimum absolute atomic E-state index is 0.287. The summed E-state index contributed by atoms with van der Waals surface area (Å²) in [6.45, 7) is 5.11. The van der Waals surface area contributed by atoms with Crippen molar-refractivity contribution in [2.75, 3.05) is 37.3 Å². The van der Waals surface area contributed by atoms with Crippen LogP contribution in [0, 0.1) is 12.8 Å². The molecule has 5 nitrogen and oxygen atoms in total. The van der Waals surface area contributed by atoms with E-state index in [9.17, 15) is 0 Å². The molecule has 0 spiro atoms. The highest BCUT2D eigenvalue weighted by atomic mass is 35.5. The van der Waals surface area contributed by atoms with Crippen LogP contribution < -0.4 is 10.6 Å². The summed E-state index contributed by atoms with van der Waals surface area (Å²) in [5.74, 6) is 1.52. The van der Waals surface area contributed by atoms with Gasteiger partial charge in [-0.05, 0) is 57.3 Å². The van der Waals surface area contributed by atoms with E-state index < -0.39 is 0 Å². The lowest BCUT2D eigenvalue weighted by molar-refractivity contribution is 0.102. The zero-order valence-electron chi connectivity index (χ0n) is 12.1. The molecular formula is C14H22ClN5. The maximum Gasteiger partial charge on any atom is 0.224 e. The first-order chi connectivity index (χ1) is 9.56. The van der Waals surface area contributed by atoms with Crippen LogP contribution in [0.4, 0.5) is 11.5 Å². The third-order valence-electron chi connectivity index (χ3n) is 4.73. The number of hydrogen-bond donors (Lipinski definition) is 1. The Kier molecular flexibility index (Phi) is 3.73. The minimum Gasteiger partial charge on any atom is -0.394 e. The summed E-state index contributed by atoms with van der Waals surface area (Å²) >= 11 is 5.99. The fourth-order valence-electron chi connectivity index (χ4n) is 3.62. The Morgan fingerprint density at radius 2 is 2.05 bits per heavy atom. The third kappa shape index (κ3) is 2.44. The maximum atomic E-state index is 6.14. The summed E-state index contributed by atoms with van der Waals surface area (Å²) in [5, 5.41) is 0.287. The molecule has 3 heterocycles. The molecule has 2 saturated heterocycles. The van der Waals surface area contributed by atoms with E-state index in [0.717, 1.165) is 24.6 Å². The normalized spacial score (nSPS) is 27.4. The van der Waals surface area contributed by atoms with Gasteiger partial charge in [-0.1, -0.05) is 0 Å². The second kappa shape index (κ2) is 5.37. The van der Waals surface area contributed by atoms with E-state index >= 15 is 0 Å². The van der Waals surface area contributed by atoms with Gasteiger partial charge in [0.1, 0.15) is 0 Å². The number of likely N-dealkylation sites (tertiary alicyclic amines) is 1. The lowest BCUT2D eigenvalue weighted by Crippen LogP contribution is -2.53. The lowest BCUT2D eigenvalue weighted by Gasteiger charge is -2.46. The Balaban J connectivity index is 1.83. The number of nitrogens with zero attached hydrogens (tertiary/aromatic N) is 4. The van der Waals surface area contributed by atoms with Crippen LogP contribution >= 0.6 is 11.6 Å². The van der Waals surface area contributed by atoms with Crippen molar-refractivity contribution in [3.05, 3.63) is 11.0 Å². The van der Waals surface area contributed by atoms with E-state index in [1.807, 2.05) is 6.92 Å². The Labute approximate surface area is 125 Å². The first kappa shape index (κ1) is 13.9. The molecule has 0 aromatic carbocycles. The van der Waals surface area contributed by atoms with Crippen molar-refractivity contribution in [1.29, 1.82) is 0 Å². The molecule has 2 aliphatic rings. The molecule has 2 atom stereocenters. The van der Waals surface area contributed by atoms with Gasteiger partial charge in [-0.3, -0.25) is 0 Å². The molecule has 3 rings (SSSR count). The van der Waals surface area contributed by atoms with Gasteiger partial charge >= 0.3 is 0 Å². The van der Waals surface area contributed by atoms with E-state index in [1.54, 1.807) is 0 Å². The molecular weight excluding hydrogens is 274 g/mol. The summed E-state index contributed by atoms with van der Waals surface area (Å²) in [5.41, 5.74) is 7.57. The first-order valence-electron chi connectivity index (χ1n) is 7.31. The number of nitrogens with two attached hydrogens (primary N) is 1. The van der Waals surface area contributed by atoms with Crippen LogP contribution in [0.3, 0.4) is 0 Å². The van der Waals surface area contributed by atoms with E-state index in [-0.39, 0.29) is 5.28 Å². The van der Waals surface area contributed by atoms with E-state index in [2.05, 4.69) is 26.8 Å². The zero-order chi connectivity index (χ0) is 14.3. The van der Waals surface area contributed by atoms with Gasteiger partial charge < -0.3 is 15.5 Å². The predicted octanol–water partition coefficient (Wildman–Crippen LogP) is 1.94. The standard InChI is InChI=1S/C14H22ClN5/c1-9-12(16)13(18-14(15)17-9)20-7-5-11-10(8-20)4-3-6-19(11)2/h10-11H,3-8,16H2,1-2H3. The van der Waals surface area contributed by atoms with Crippen LogP contribution in [0.15, 0.2) is 0 Å². The maximum absolute atomic E-state index is 6.14. The number of fused-ring (bicyclic) bond motifs is 1. The van der Waals surface area contributed by atoms with Crippen LogP contribution in [0.2, 0.25) is 5.28 Å². The Morgan fingerprint density at radius 3 is 2.85 bits per heavy atom. The molecule has 1 aromatic heterocycles. The number of rotatable bonds is 1. The average Bonchev–Trinajstić information content (AvgIpc) is 2.43. The second-order valence-corrected chi connectivity index (χ2v) is 6.34. The first-order valence-corrected chi connectivity index (χ1v) is 7.69. The highest BCUT2D eigenvalue weighted by molar-refractivity contribution is 6.28. The molecule has 0 radical (unpaired) electrons. The van der Waals surface area contributed by atoms with Gasteiger partial charge in [0, 0.05) is 19.1 Å². The Morgan fingerprint density at radius 1 is 1.25 bits per heavy atom. The number of piperidine rings is 2. The number of hydrogen-bond acceptors (Lipinski definition) is 5. The Hall–Kier alpha value is -1.07. The van der Waals surface area contributed by atoms with Crippen molar-refractivity contribution < 1.29 is 0 Å². The van der Waals surface area contributed by atoms with Crippen molar-refractivity contribution >= 4 is 23.1 Å². The average molecular weight is 296 g/mol. The van der Waals surface area contributed by atoms with Crippen molar-refractivity contribution in [3.8, 4) is 0 Å². The molecule has 20 heavy (non-hydrogen) atoms. The quantitative estimate of drug-likeness (QED) is 0.803. The predicted molar refractivity (Wildman–Crippen MR) is 82.2 cm³/mol. The van der Waals surface area contributed by atoms with E-state index in [0.29, 0.717) is 17.6 Å². The molecule has 0 amide bonds. The number of aromatic nitrogens is 2. The van der Waals surface area contributed by atoms with E-state index in [1.165, 1.54) is 25.8 Å². The highest BCUT2D eigenvalue weighted by Gasteiger charge is 2.35. The molecule has 2 aliphatic heterocycles. The van der Waals surface area contributed by atoms with Crippen molar-refractivity contribution in [2.24, 2.45) is 5.92 Å². The second-order valence-electron chi connectivity index (χ2n) is 6.00. The molecule has 2 fully saturated rings. The van der Waals surface area contributed by atoms with Crippen LogP contribution in [0.25, 0.3) is 0 Å². The van der Waals surface area contributed by atoms with Gasteiger partial charge in [-0.15, -0.1) is 0 Å². The summed E-state index contributed by atoms with van der Waals surface area (Å²) in [6.07, 6.45) is 3.75. The highest BCUT2D eigenvalue weighted by Crippen LogP contribution is 2.34. The molecule has 2 N–H and O–H groups in total. The number of aryl methyl sites for hydroxylation is 1. The van der Waals surface area contributed by atoms with Crippen LogP contribution in [-0.4, -0.2) is 47.6 Å². The zero-order valence-corrected chi connectivity index (χ0v) is 12.9. The fourth-order valence-corrected chi connectivity index (χ4v) is 3.83. The van der Waals surface area contributed by atoms with Crippen molar-refractivity contribution in [3.63, 3.8) is 0 Å². The van der Waals surface area contributed by atoms with Crippen LogP contribution in [0.1, 0.15) is 25.0 Å². The van der Waals surface area contributed by atoms with Gasteiger partial charge in [0.05, 0.1) is 11.4 Å². The van der Waals surface area contributed by atoms with Crippen LogP contribution in [0.5, 0.6) is 0 Å². The summed E-state index contributed by atoms with van der Waals surface area (Å²) in [6, 6.07) is 0.708. The third-order valence-corrected chi connectivity index (χ3v) is 4.90. The molecule has 2 unspecified atom stereocenters. The summed E-state index contributed by atoms with van der Waals surface area (Å²) < 4.78 is 0. The molecule has 0 saturated carbocycles. The van der Waals surface area contributed by atoms with Gasteiger partial charge in [-0.25, -0.2) is 4.98 Å². The fraction of sp³-hybridized carbons (Fsp3) is 0.714. The van der Waals surface area contributed by atoms with Gasteiger partial charge in [0.25, 0.3) is 0 Å². The molecule has 0 bridgehead atoms. The smallest absolute Gasteiger partial charge is 0.224 e. The van der Waals surface area contributed by atoms with Gasteiger partial charge in [-0.2, -0.15) is 4.98 Å². The summed E-state index contributed by atoms with van der Waals surface area (Å²) in [4.78, 5) is 13.3. The monoisotopic (exact) mass is 295 g/mol. The number of nitrogen functional groups attached to an aromatic ring is 1. The summed E-state index contributed by atoms with van der Waals surface area (Å²) in [7, 11) is 2.24. The van der Waals surface area contributed by atoms with Crippen molar-refractivity contribution in [1.82, 2.24) is 14.9 Å². The number of halogens is 1. The van der Waals surface area contributed by atoms with Gasteiger partial charge in [0.2, 0.25) is 5.28 Å². The topological polar surface area (TPSA) is 58.3 Å².